The van der Waals surface area contributed by atoms with Crippen LogP contribution >= 0.6 is 18.0 Å². The highest BCUT2D eigenvalue weighted by Gasteiger charge is 2.20. The van der Waals surface area contributed by atoms with E-state index in [1.807, 2.05) is 6.92 Å². The first-order valence-electron chi connectivity index (χ1n) is 4.13. The van der Waals surface area contributed by atoms with E-state index in [1.54, 1.807) is 6.66 Å². The first-order valence-corrected chi connectivity index (χ1v) is 7.80. The zero-order valence-electron chi connectivity index (χ0n) is 8.59. The Hall–Kier alpha value is 0.540. The molecule has 0 rings (SSSR count). The molecule has 0 aliphatic heterocycles. The van der Waals surface area contributed by atoms with Crippen LogP contribution in [0.3, 0.4) is 0 Å². The Labute approximate surface area is 79.7 Å². The molecule has 0 saturated heterocycles. The Kier molecular flexibility index (Phi) is 4.90. The normalized spacial score (nSPS) is 17.4. The summed E-state index contributed by atoms with van der Waals surface area (Å²) in [5.41, 5.74) is 0.216. The van der Waals surface area contributed by atoms with Gasteiger partial charge in [-0.05, 0) is 12.3 Å². The van der Waals surface area contributed by atoms with Gasteiger partial charge in [0, 0.05) is 12.4 Å². The lowest BCUT2D eigenvalue weighted by Crippen LogP contribution is -2.08. The van der Waals surface area contributed by atoms with Crippen LogP contribution in [-0.2, 0) is 9.09 Å². The second-order valence-corrected chi connectivity index (χ2v) is 9.14. The highest BCUT2D eigenvalue weighted by atomic mass is 32.7. The Morgan fingerprint density at radius 2 is 1.92 bits per heavy atom. The molecule has 0 aliphatic carbocycles. The highest BCUT2D eigenvalue weighted by Crippen LogP contribution is 2.57. The smallest absolute Gasteiger partial charge is 0.254 e. The van der Waals surface area contributed by atoms with Crippen LogP contribution in [0.1, 0.15) is 27.7 Å². The van der Waals surface area contributed by atoms with Crippen molar-refractivity contribution in [3.05, 3.63) is 0 Å². The fraction of sp³-hybridized carbons (Fsp3) is 1.00. The molecular weight excluding hydrogens is 191 g/mol. The predicted molar refractivity (Wildman–Crippen MR) is 57.1 cm³/mol. The molecule has 0 radical (unpaired) electrons. The van der Waals surface area contributed by atoms with Crippen LogP contribution in [0.25, 0.3) is 0 Å². The summed E-state index contributed by atoms with van der Waals surface area (Å²) >= 11 is 1.44. The number of hydrogen-bond acceptors (Lipinski definition) is 3. The van der Waals surface area contributed by atoms with E-state index in [0.29, 0.717) is 6.61 Å². The van der Waals surface area contributed by atoms with E-state index in [9.17, 15) is 4.57 Å². The summed E-state index contributed by atoms with van der Waals surface area (Å²) < 4.78 is 16.7. The standard InChI is InChI=1S/C8H19O2PS/c1-6-10-11(5,9)12-7-8(2,3)4/h6-7H2,1-5H3. The third-order valence-corrected chi connectivity index (χ3v) is 5.40. The third-order valence-electron chi connectivity index (χ3n) is 1.10. The Balaban J connectivity index is 3.84. The molecule has 4 heteroatoms. The predicted octanol–water partition coefficient (Wildman–Crippen LogP) is 3.63. The van der Waals surface area contributed by atoms with Gasteiger partial charge in [0.05, 0.1) is 6.61 Å². The first kappa shape index (κ1) is 12.5. The Morgan fingerprint density at radius 3 is 2.25 bits per heavy atom. The minimum atomic E-state index is -2.37. The fourth-order valence-electron chi connectivity index (χ4n) is 0.583. The molecule has 0 heterocycles. The van der Waals surface area contributed by atoms with E-state index in [1.165, 1.54) is 11.4 Å². The summed E-state index contributed by atoms with van der Waals surface area (Å²) in [4.78, 5) is 0. The van der Waals surface area contributed by atoms with Crippen molar-refractivity contribution in [2.45, 2.75) is 27.7 Å². The van der Waals surface area contributed by atoms with Crippen molar-refractivity contribution in [3.63, 3.8) is 0 Å². The molecule has 0 fully saturated rings. The summed E-state index contributed by atoms with van der Waals surface area (Å²) in [5.74, 6) is 0.876. The minimum absolute atomic E-state index is 0.216. The Bertz CT molecular complexity index is 174. The van der Waals surface area contributed by atoms with E-state index in [0.717, 1.165) is 5.75 Å². The van der Waals surface area contributed by atoms with Crippen LogP contribution in [-0.4, -0.2) is 19.0 Å². The zero-order valence-corrected chi connectivity index (χ0v) is 10.3. The van der Waals surface area contributed by atoms with Crippen LogP contribution in [0, 0.1) is 5.41 Å². The van der Waals surface area contributed by atoms with Gasteiger partial charge in [-0.2, -0.15) is 0 Å². The molecule has 0 aromatic carbocycles. The zero-order chi connectivity index (χ0) is 9.83. The molecule has 74 valence electrons. The molecule has 0 N–H and O–H groups in total. The summed E-state index contributed by atoms with van der Waals surface area (Å²) in [6.45, 7) is 8.11. The monoisotopic (exact) mass is 210 g/mol. The van der Waals surface area contributed by atoms with Gasteiger partial charge in [0.15, 0.2) is 0 Å². The molecular formula is C8H19O2PS. The van der Waals surface area contributed by atoms with Crippen molar-refractivity contribution in [2.75, 3.05) is 19.0 Å². The fourth-order valence-corrected chi connectivity index (χ4v) is 4.15. The average molecular weight is 210 g/mol. The van der Waals surface area contributed by atoms with Crippen LogP contribution in [0.5, 0.6) is 0 Å². The summed E-state index contributed by atoms with van der Waals surface area (Å²) in [6, 6.07) is 0. The second kappa shape index (κ2) is 4.69. The van der Waals surface area contributed by atoms with Gasteiger partial charge in [-0.3, -0.25) is 4.57 Å². The number of rotatable bonds is 4. The van der Waals surface area contributed by atoms with Crippen molar-refractivity contribution < 1.29 is 9.09 Å². The van der Waals surface area contributed by atoms with Crippen molar-refractivity contribution in [2.24, 2.45) is 5.41 Å². The van der Waals surface area contributed by atoms with Crippen LogP contribution in [0.2, 0.25) is 0 Å². The van der Waals surface area contributed by atoms with Gasteiger partial charge >= 0.3 is 0 Å². The molecule has 0 saturated carbocycles. The molecule has 1 unspecified atom stereocenters. The summed E-state index contributed by atoms with van der Waals surface area (Å²) in [6.07, 6.45) is 0. The molecule has 0 amide bonds. The largest absolute Gasteiger partial charge is 0.322 e. The molecule has 1 atom stereocenters. The van der Waals surface area contributed by atoms with Crippen LogP contribution in [0.15, 0.2) is 0 Å². The molecule has 0 bridgehead atoms. The SMILES string of the molecule is CCOP(C)(=O)SCC(C)(C)C. The maximum Gasteiger partial charge on any atom is 0.254 e. The maximum absolute atomic E-state index is 11.6. The summed E-state index contributed by atoms with van der Waals surface area (Å²) in [7, 11) is 0. The lowest BCUT2D eigenvalue weighted by molar-refractivity contribution is 0.349. The van der Waals surface area contributed by atoms with E-state index >= 15 is 0 Å². The highest BCUT2D eigenvalue weighted by molar-refractivity contribution is 8.56. The quantitative estimate of drug-likeness (QED) is 0.663. The topological polar surface area (TPSA) is 26.3 Å². The minimum Gasteiger partial charge on any atom is -0.322 e. The van der Waals surface area contributed by atoms with Gasteiger partial charge < -0.3 is 4.52 Å². The van der Waals surface area contributed by atoms with Crippen molar-refractivity contribution in [1.29, 1.82) is 0 Å². The van der Waals surface area contributed by atoms with Crippen LogP contribution in [0.4, 0.5) is 0 Å². The third kappa shape index (κ3) is 7.20. The molecule has 2 nitrogen and oxygen atoms in total. The molecule has 0 spiro atoms. The van der Waals surface area contributed by atoms with E-state index in [-0.39, 0.29) is 5.41 Å². The molecule has 0 aromatic rings. The maximum atomic E-state index is 11.6. The van der Waals surface area contributed by atoms with Gasteiger partial charge in [-0.1, -0.05) is 32.2 Å². The second-order valence-electron chi connectivity index (χ2n) is 4.02. The van der Waals surface area contributed by atoms with Crippen molar-refractivity contribution in [3.8, 4) is 0 Å². The Morgan fingerprint density at radius 1 is 1.42 bits per heavy atom. The van der Waals surface area contributed by atoms with Crippen molar-refractivity contribution >= 4 is 18.0 Å². The lowest BCUT2D eigenvalue weighted by Gasteiger charge is -2.20. The van der Waals surface area contributed by atoms with E-state index < -0.39 is 6.57 Å². The van der Waals surface area contributed by atoms with Gasteiger partial charge in [-0.25, -0.2) is 0 Å². The van der Waals surface area contributed by atoms with Crippen LogP contribution < -0.4 is 0 Å². The molecule has 12 heavy (non-hydrogen) atoms. The van der Waals surface area contributed by atoms with Crippen molar-refractivity contribution in [1.82, 2.24) is 0 Å². The summed E-state index contributed by atoms with van der Waals surface area (Å²) in [5, 5.41) is 0. The van der Waals surface area contributed by atoms with Gasteiger partial charge in [0.1, 0.15) is 0 Å². The van der Waals surface area contributed by atoms with Gasteiger partial charge in [0.2, 0.25) is 0 Å². The number of hydrogen-bond donors (Lipinski definition) is 0. The van der Waals surface area contributed by atoms with E-state index in [4.69, 9.17) is 4.52 Å². The van der Waals surface area contributed by atoms with Gasteiger partial charge in [-0.15, -0.1) is 0 Å². The first-order chi connectivity index (χ1) is 5.27. The van der Waals surface area contributed by atoms with Gasteiger partial charge in [0.25, 0.3) is 6.57 Å². The lowest BCUT2D eigenvalue weighted by atomic mass is 10.0. The molecule has 0 aliphatic rings. The molecule has 0 aromatic heterocycles. The average Bonchev–Trinajstić information content (AvgIpc) is 1.83. The van der Waals surface area contributed by atoms with E-state index in [2.05, 4.69) is 20.8 Å².